The molecule has 0 bridgehead atoms. The summed E-state index contributed by atoms with van der Waals surface area (Å²) < 4.78 is 2.20. The number of rotatable bonds is 4. The van der Waals surface area contributed by atoms with Crippen LogP contribution in [0.5, 0.6) is 0 Å². The van der Waals surface area contributed by atoms with Gasteiger partial charge in [0.1, 0.15) is 0 Å². The molecule has 86 valence electrons. The maximum atomic E-state index is 4.08. The highest BCUT2D eigenvalue weighted by Crippen LogP contribution is 2.21. The highest BCUT2D eigenvalue weighted by molar-refractivity contribution is 5.67. The Hall–Kier alpha value is -1.50. The molecule has 0 saturated heterocycles. The van der Waals surface area contributed by atoms with Crippen molar-refractivity contribution >= 4 is 11.3 Å². The van der Waals surface area contributed by atoms with E-state index in [2.05, 4.69) is 62.4 Å². The fourth-order valence-corrected chi connectivity index (χ4v) is 1.73. The Morgan fingerprint density at radius 3 is 2.62 bits per heavy atom. The van der Waals surface area contributed by atoms with Crippen molar-refractivity contribution in [3.63, 3.8) is 0 Å². The fourth-order valence-electron chi connectivity index (χ4n) is 1.73. The van der Waals surface area contributed by atoms with Gasteiger partial charge in [-0.25, -0.2) is 0 Å². The van der Waals surface area contributed by atoms with Gasteiger partial charge in [-0.3, -0.25) is 0 Å². The maximum absolute atomic E-state index is 4.08. The first kappa shape index (κ1) is 12.6. The molecule has 1 rings (SSSR count). The van der Waals surface area contributed by atoms with Crippen LogP contribution < -0.4 is 0 Å². The minimum absolute atomic E-state index is 0.998. The zero-order chi connectivity index (χ0) is 12.1. The monoisotopic (exact) mass is 215 g/mol. The first-order chi connectivity index (χ1) is 7.63. The molecule has 0 atom stereocenters. The zero-order valence-electron chi connectivity index (χ0n) is 10.7. The summed E-state index contributed by atoms with van der Waals surface area (Å²) in [4.78, 5) is 0. The van der Waals surface area contributed by atoms with Crippen molar-refractivity contribution in [2.45, 2.75) is 34.1 Å². The van der Waals surface area contributed by atoms with Gasteiger partial charge in [0.05, 0.1) is 0 Å². The van der Waals surface area contributed by atoms with Gasteiger partial charge in [-0.2, -0.15) is 0 Å². The van der Waals surface area contributed by atoms with Crippen LogP contribution in [0.3, 0.4) is 0 Å². The van der Waals surface area contributed by atoms with Gasteiger partial charge >= 0.3 is 0 Å². The summed E-state index contributed by atoms with van der Waals surface area (Å²) in [6, 6.07) is 2.19. The molecule has 0 radical (unpaired) electrons. The lowest BCUT2D eigenvalue weighted by Crippen LogP contribution is -1.94. The third-order valence-electron chi connectivity index (χ3n) is 2.76. The normalized spacial score (nSPS) is 12.4. The molecule has 16 heavy (non-hydrogen) atoms. The number of allylic oxidation sites excluding steroid dienone is 5. The molecule has 0 amide bonds. The number of aromatic nitrogens is 1. The average molecular weight is 215 g/mol. The van der Waals surface area contributed by atoms with Crippen molar-refractivity contribution in [2.24, 2.45) is 0 Å². The van der Waals surface area contributed by atoms with Gasteiger partial charge in [0.25, 0.3) is 0 Å². The molecule has 0 spiro atoms. The Balaban J connectivity index is 3.15. The summed E-state index contributed by atoms with van der Waals surface area (Å²) >= 11 is 0. The van der Waals surface area contributed by atoms with Crippen LogP contribution in [0, 0.1) is 6.92 Å². The Morgan fingerprint density at radius 2 is 2.12 bits per heavy atom. The average Bonchev–Trinajstić information content (AvgIpc) is 2.67. The van der Waals surface area contributed by atoms with Crippen LogP contribution in [0.25, 0.3) is 11.3 Å². The van der Waals surface area contributed by atoms with Crippen LogP contribution in [-0.4, -0.2) is 4.57 Å². The Bertz CT molecular complexity index is 430. The van der Waals surface area contributed by atoms with Crippen LogP contribution in [0.15, 0.2) is 37.1 Å². The van der Waals surface area contributed by atoms with E-state index in [1.807, 2.05) is 6.92 Å². The predicted octanol–water partition coefficient (Wildman–Crippen LogP) is 4.66. The second kappa shape index (κ2) is 5.55. The van der Waals surface area contributed by atoms with E-state index in [0.717, 1.165) is 6.42 Å². The van der Waals surface area contributed by atoms with Crippen molar-refractivity contribution in [2.75, 3.05) is 0 Å². The third-order valence-corrected chi connectivity index (χ3v) is 2.76. The summed E-state index contributed by atoms with van der Waals surface area (Å²) in [6.07, 6.45) is 9.45. The third kappa shape index (κ3) is 2.54. The minimum Gasteiger partial charge on any atom is -0.321 e. The van der Waals surface area contributed by atoms with Crippen molar-refractivity contribution in [1.29, 1.82) is 0 Å². The first-order valence-corrected chi connectivity index (χ1v) is 5.80. The topological polar surface area (TPSA) is 4.93 Å². The van der Waals surface area contributed by atoms with E-state index in [9.17, 15) is 0 Å². The van der Waals surface area contributed by atoms with Crippen LogP contribution >= 0.6 is 0 Å². The zero-order valence-corrected chi connectivity index (χ0v) is 10.7. The smallest absolute Gasteiger partial charge is 0.0406 e. The molecule has 0 aromatic carbocycles. The lowest BCUT2D eigenvalue weighted by atomic mass is 10.1. The molecule has 0 aliphatic heterocycles. The second-order valence-electron chi connectivity index (χ2n) is 3.91. The molecule has 0 unspecified atom stereocenters. The van der Waals surface area contributed by atoms with Gasteiger partial charge < -0.3 is 4.57 Å². The van der Waals surface area contributed by atoms with Crippen molar-refractivity contribution < 1.29 is 0 Å². The van der Waals surface area contributed by atoms with Crippen LogP contribution in [0.2, 0.25) is 0 Å². The van der Waals surface area contributed by atoms with Crippen LogP contribution in [0.1, 0.15) is 38.4 Å². The molecule has 0 fully saturated rings. The summed E-state index contributed by atoms with van der Waals surface area (Å²) in [6.45, 7) is 12.4. The molecule has 1 nitrogen and oxygen atoms in total. The molecule has 0 N–H and O–H groups in total. The molecule has 1 aromatic heterocycles. The van der Waals surface area contributed by atoms with E-state index in [1.165, 1.54) is 22.5 Å². The highest BCUT2D eigenvalue weighted by atomic mass is 15.0. The fraction of sp³-hybridized carbons (Fsp3) is 0.333. The number of hydrogen-bond donors (Lipinski definition) is 0. The summed E-state index contributed by atoms with van der Waals surface area (Å²) in [5, 5.41) is 0. The van der Waals surface area contributed by atoms with Crippen LogP contribution in [-0.2, 0) is 0 Å². The lowest BCUT2D eigenvalue weighted by molar-refractivity contribution is 1.05. The van der Waals surface area contributed by atoms with Crippen molar-refractivity contribution in [3.8, 4) is 0 Å². The lowest BCUT2D eigenvalue weighted by Gasteiger charge is -2.06. The number of aryl methyl sites for hydroxylation is 1. The minimum atomic E-state index is 0.998. The van der Waals surface area contributed by atoms with Gasteiger partial charge in [-0.05, 0) is 50.5 Å². The largest absolute Gasteiger partial charge is 0.321 e. The van der Waals surface area contributed by atoms with Gasteiger partial charge in [-0.15, -0.1) is 0 Å². The summed E-state index contributed by atoms with van der Waals surface area (Å²) in [5.41, 5.74) is 4.88. The quantitative estimate of drug-likeness (QED) is 0.644. The standard InChI is InChI=1S/C15H21N/c1-6-9-15(8-3)16-11-14(10-13(16)5)12(4)7-2/h6,8-11H,4,7H2,1-3,5H3/b9-6-,15-8+. The van der Waals surface area contributed by atoms with Crippen molar-refractivity contribution in [3.05, 3.63) is 48.3 Å². The molecule has 1 heterocycles. The summed E-state index contributed by atoms with van der Waals surface area (Å²) in [5.74, 6) is 0. The molecule has 1 aromatic rings. The first-order valence-electron chi connectivity index (χ1n) is 5.80. The van der Waals surface area contributed by atoms with Gasteiger partial charge in [0, 0.05) is 17.6 Å². The van der Waals surface area contributed by atoms with Crippen molar-refractivity contribution in [1.82, 2.24) is 4.57 Å². The van der Waals surface area contributed by atoms with E-state index < -0.39 is 0 Å². The van der Waals surface area contributed by atoms with Gasteiger partial charge in [0.15, 0.2) is 0 Å². The van der Waals surface area contributed by atoms with Crippen LogP contribution in [0.4, 0.5) is 0 Å². The molecular formula is C15H21N. The summed E-state index contributed by atoms with van der Waals surface area (Å²) in [7, 11) is 0. The molecule has 0 aliphatic rings. The van der Waals surface area contributed by atoms with Gasteiger partial charge in [0.2, 0.25) is 0 Å². The Kier molecular flexibility index (Phi) is 4.36. The molecule has 0 saturated carbocycles. The maximum Gasteiger partial charge on any atom is 0.0406 e. The second-order valence-corrected chi connectivity index (χ2v) is 3.91. The SMILES string of the molecule is C=C(CC)c1cc(C)n(C(/C=C\C)=C/C)c1. The van der Waals surface area contributed by atoms with E-state index in [1.54, 1.807) is 0 Å². The van der Waals surface area contributed by atoms with Gasteiger partial charge in [-0.1, -0.05) is 25.7 Å². The molecule has 1 heteroatoms. The highest BCUT2D eigenvalue weighted by Gasteiger charge is 2.05. The molecule has 0 aliphatic carbocycles. The van der Waals surface area contributed by atoms with E-state index in [0.29, 0.717) is 0 Å². The number of nitrogens with zero attached hydrogens (tertiary/aromatic N) is 1. The van der Waals surface area contributed by atoms with E-state index in [-0.39, 0.29) is 0 Å². The van der Waals surface area contributed by atoms with E-state index >= 15 is 0 Å². The Labute approximate surface area is 98.8 Å². The Morgan fingerprint density at radius 1 is 1.44 bits per heavy atom. The number of hydrogen-bond acceptors (Lipinski definition) is 0. The molecular weight excluding hydrogens is 194 g/mol. The van der Waals surface area contributed by atoms with E-state index in [4.69, 9.17) is 0 Å². The predicted molar refractivity (Wildman–Crippen MR) is 73.3 cm³/mol.